The van der Waals surface area contributed by atoms with Crippen LogP contribution in [0.2, 0.25) is 0 Å². The lowest BCUT2D eigenvalue weighted by atomic mass is 10.1. The Hall–Kier alpha value is -1.30. The van der Waals surface area contributed by atoms with Gasteiger partial charge in [-0.2, -0.15) is 0 Å². The van der Waals surface area contributed by atoms with E-state index in [2.05, 4.69) is 0 Å². The Balaban J connectivity index is 2.73. The molecule has 112 valence electrons. The van der Waals surface area contributed by atoms with Gasteiger partial charge in [0.2, 0.25) is 0 Å². The highest BCUT2D eigenvalue weighted by molar-refractivity contribution is 5.97. The van der Waals surface area contributed by atoms with Gasteiger partial charge in [-0.25, -0.2) is 4.39 Å². The topological polar surface area (TPSA) is 38.8 Å². The fourth-order valence-electron chi connectivity index (χ4n) is 1.97. The average Bonchev–Trinajstić information content (AvgIpc) is 2.43. The van der Waals surface area contributed by atoms with Gasteiger partial charge >= 0.3 is 0 Å². The number of Topliss-reactive ketones (excluding diaryl/α,β-unsaturated/α-hetero) is 1. The van der Waals surface area contributed by atoms with E-state index >= 15 is 0 Å². The number of hydrogen-bond acceptors (Lipinski definition) is 4. The number of carbonyl (C=O) groups is 1. The third-order valence-corrected chi connectivity index (χ3v) is 3.13. The molecule has 0 heterocycles. The molecule has 0 aromatic heterocycles. The van der Waals surface area contributed by atoms with Gasteiger partial charge in [0.1, 0.15) is 5.82 Å². The number of rotatable bonds is 9. The molecule has 4 nitrogen and oxygen atoms in total. The number of halogens is 1. The van der Waals surface area contributed by atoms with E-state index in [1.54, 1.807) is 26.4 Å². The van der Waals surface area contributed by atoms with Crippen molar-refractivity contribution >= 4 is 5.78 Å². The normalized spacial score (nSPS) is 12.7. The van der Waals surface area contributed by atoms with E-state index in [1.807, 2.05) is 11.8 Å². The summed E-state index contributed by atoms with van der Waals surface area (Å²) in [5, 5.41) is 0. The van der Waals surface area contributed by atoms with Crippen LogP contribution in [-0.4, -0.2) is 57.2 Å². The third kappa shape index (κ3) is 5.00. The zero-order chi connectivity index (χ0) is 15.0. The fourth-order valence-corrected chi connectivity index (χ4v) is 1.97. The maximum atomic E-state index is 13.6. The number of methoxy groups -OCH3 is 2. The third-order valence-electron chi connectivity index (χ3n) is 3.13. The predicted octanol–water partition coefficient (Wildman–Crippen LogP) is 1.99. The molecule has 1 rings (SSSR count). The highest BCUT2D eigenvalue weighted by Gasteiger charge is 2.19. The van der Waals surface area contributed by atoms with E-state index in [0.29, 0.717) is 19.8 Å². The van der Waals surface area contributed by atoms with Crippen LogP contribution < -0.4 is 0 Å². The van der Waals surface area contributed by atoms with Crippen molar-refractivity contribution in [3.05, 3.63) is 35.6 Å². The Morgan fingerprint density at radius 1 is 1.30 bits per heavy atom. The van der Waals surface area contributed by atoms with E-state index in [4.69, 9.17) is 9.47 Å². The first kappa shape index (κ1) is 16.8. The molecule has 0 spiro atoms. The maximum Gasteiger partial charge on any atom is 0.179 e. The van der Waals surface area contributed by atoms with Crippen LogP contribution in [0.5, 0.6) is 0 Å². The van der Waals surface area contributed by atoms with Crippen LogP contribution in [-0.2, 0) is 9.47 Å². The van der Waals surface area contributed by atoms with Crippen LogP contribution in [0.3, 0.4) is 0 Å². The molecule has 0 N–H and O–H groups in total. The lowest BCUT2D eigenvalue weighted by Crippen LogP contribution is -2.42. The summed E-state index contributed by atoms with van der Waals surface area (Å²) in [6.07, 6.45) is 0. The van der Waals surface area contributed by atoms with E-state index < -0.39 is 5.82 Å². The van der Waals surface area contributed by atoms with Crippen LogP contribution in [0.15, 0.2) is 24.3 Å². The second-order valence-corrected chi connectivity index (χ2v) is 4.67. The highest BCUT2D eigenvalue weighted by Crippen LogP contribution is 2.09. The lowest BCUT2D eigenvalue weighted by Gasteiger charge is -2.27. The summed E-state index contributed by atoms with van der Waals surface area (Å²) in [5.74, 6) is -0.717. The predicted molar refractivity (Wildman–Crippen MR) is 75.5 cm³/mol. The molecule has 1 atom stereocenters. The summed E-state index contributed by atoms with van der Waals surface area (Å²) in [7, 11) is 3.22. The van der Waals surface area contributed by atoms with E-state index in [0.717, 1.165) is 0 Å². The molecule has 0 saturated carbocycles. The van der Waals surface area contributed by atoms with Crippen LogP contribution in [0, 0.1) is 5.82 Å². The van der Waals surface area contributed by atoms with Crippen molar-refractivity contribution in [3.8, 4) is 0 Å². The molecule has 0 fully saturated rings. The van der Waals surface area contributed by atoms with Gasteiger partial charge in [-0.05, 0) is 19.1 Å². The standard InChI is InChI=1S/C15H22FNO3/c1-12(11-20-3)17(8-9-19-2)10-15(18)13-6-4-5-7-14(13)16/h4-7,12H,8-11H2,1-3H3. The van der Waals surface area contributed by atoms with Crippen molar-refractivity contribution in [2.24, 2.45) is 0 Å². The Morgan fingerprint density at radius 2 is 2.00 bits per heavy atom. The zero-order valence-corrected chi connectivity index (χ0v) is 12.3. The summed E-state index contributed by atoms with van der Waals surface area (Å²) in [6.45, 7) is 3.73. The van der Waals surface area contributed by atoms with Crippen molar-refractivity contribution < 1.29 is 18.7 Å². The molecule has 1 aromatic carbocycles. The molecule has 0 aliphatic carbocycles. The van der Waals surface area contributed by atoms with Gasteiger partial charge in [0.15, 0.2) is 5.78 Å². The van der Waals surface area contributed by atoms with Crippen LogP contribution in [0.4, 0.5) is 4.39 Å². The zero-order valence-electron chi connectivity index (χ0n) is 12.3. The summed E-state index contributed by atoms with van der Waals surface area (Å²) in [5.41, 5.74) is 0.125. The molecular weight excluding hydrogens is 261 g/mol. The average molecular weight is 283 g/mol. The van der Waals surface area contributed by atoms with Crippen molar-refractivity contribution in [1.82, 2.24) is 4.90 Å². The van der Waals surface area contributed by atoms with Gasteiger partial charge < -0.3 is 9.47 Å². The minimum absolute atomic E-state index is 0.0610. The molecule has 5 heteroatoms. The Kier molecular flexibility index (Phi) is 7.36. The van der Waals surface area contributed by atoms with Gasteiger partial charge in [-0.1, -0.05) is 12.1 Å². The summed E-state index contributed by atoms with van der Waals surface area (Å²) < 4.78 is 23.8. The van der Waals surface area contributed by atoms with Gasteiger partial charge in [0.25, 0.3) is 0 Å². The van der Waals surface area contributed by atoms with Crippen LogP contribution in [0.25, 0.3) is 0 Å². The highest BCUT2D eigenvalue weighted by atomic mass is 19.1. The number of carbonyl (C=O) groups excluding carboxylic acids is 1. The summed E-state index contributed by atoms with van der Waals surface area (Å²) in [4.78, 5) is 14.1. The smallest absolute Gasteiger partial charge is 0.179 e. The SMILES string of the molecule is COCCN(CC(=O)c1ccccc1F)C(C)COC. The first-order valence-electron chi connectivity index (χ1n) is 6.59. The first-order chi connectivity index (χ1) is 9.60. The van der Waals surface area contributed by atoms with Crippen LogP contribution in [0.1, 0.15) is 17.3 Å². The van der Waals surface area contributed by atoms with Gasteiger partial charge in [0, 0.05) is 26.8 Å². The summed E-state index contributed by atoms with van der Waals surface area (Å²) >= 11 is 0. The largest absolute Gasteiger partial charge is 0.383 e. The number of benzene rings is 1. The molecule has 20 heavy (non-hydrogen) atoms. The fraction of sp³-hybridized carbons (Fsp3) is 0.533. The molecule has 1 unspecified atom stereocenters. The van der Waals surface area contributed by atoms with Crippen LogP contribution >= 0.6 is 0 Å². The summed E-state index contributed by atoms with van der Waals surface area (Å²) in [6, 6.07) is 6.10. The van der Waals surface area contributed by atoms with Gasteiger partial charge in [-0.15, -0.1) is 0 Å². The molecule has 1 aromatic rings. The lowest BCUT2D eigenvalue weighted by molar-refractivity contribution is 0.0649. The van der Waals surface area contributed by atoms with Crippen molar-refractivity contribution in [1.29, 1.82) is 0 Å². The van der Waals surface area contributed by atoms with Crippen molar-refractivity contribution in [3.63, 3.8) is 0 Å². The number of nitrogens with zero attached hydrogens (tertiary/aromatic N) is 1. The minimum atomic E-state index is -0.483. The van der Waals surface area contributed by atoms with Gasteiger partial charge in [0.05, 0.1) is 25.3 Å². The Morgan fingerprint density at radius 3 is 2.60 bits per heavy atom. The van der Waals surface area contributed by atoms with Crippen molar-refractivity contribution in [2.45, 2.75) is 13.0 Å². The Labute approximate surface area is 119 Å². The molecule has 0 bridgehead atoms. The first-order valence-corrected chi connectivity index (χ1v) is 6.59. The van der Waals surface area contributed by atoms with E-state index in [1.165, 1.54) is 12.1 Å². The number of ketones is 1. The quantitative estimate of drug-likeness (QED) is 0.650. The maximum absolute atomic E-state index is 13.6. The van der Waals surface area contributed by atoms with Crippen molar-refractivity contribution in [2.75, 3.05) is 40.5 Å². The molecule has 0 amide bonds. The molecule has 0 aliphatic rings. The Bertz CT molecular complexity index is 425. The monoisotopic (exact) mass is 283 g/mol. The number of hydrogen-bond donors (Lipinski definition) is 0. The van der Waals surface area contributed by atoms with E-state index in [9.17, 15) is 9.18 Å². The minimum Gasteiger partial charge on any atom is -0.383 e. The molecule has 0 saturated heterocycles. The second-order valence-electron chi connectivity index (χ2n) is 4.67. The second kappa shape index (κ2) is 8.79. The van der Waals surface area contributed by atoms with Gasteiger partial charge in [-0.3, -0.25) is 9.69 Å². The number of ether oxygens (including phenoxy) is 2. The molecular formula is C15H22FNO3. The molecule has 0 radical (unpaired) electrons. The van der Waals surface area contributed by atoms with E-state index in [-0.39, 0.29) is 23.9 Å². The molecule has 0 aliphatic heterocycles.